The van der Waals surface area contributed by atoms with Gasteiger partial charge in [0.2, 0.25) is 11.8 Å². The minimum atomic E-state index is -1.23. The number of amides is 2. The highest BCUT2D eigenvalue weighted by Gasteiger charge is 2.56. The smallest absolute Gasteiger partial charge is 0.337 e. The lowest BCUT2D eigenvalue weighted by Crippen LogP contribution is -2.35. The Labute approximate surface area is 149 Å². The molecule has 1 saturated carbocycles. The minimum absolute atomic E-state index is 0.0317. The zero-order chi connectivity index (χ0) is 18.7. The number of anilines is 2. The summed E-state index contributed by atoms with van der Waals surface area (Å²) >= 11 is 0. The van der Waals surface area contributed by atoms with Crippen LogP contribution in [0, 0.1) is 11.2 Å². The Morgan fingerprint density at radius 1 is 1.00 bits per heavy atom. The van der Waals surface area contributed by atoms with Crippen LogP contribution in [-0.2, 0) is 14.3 Å². The lowest BCUT2D eigenvalue weighted by atomic mass is 10.0. The molecule has 2 aromatic rings. The first-order valence-corrected chi connectivity index (χ1v) is 8.02. The second-order valence-electron chi connectivity index (χ2n) is 6.04. The number of benzene rings is 2. The molecule has 6 nitrogen and oxygen atoms in total. The predicted octanol–water partition coefficient (Wildman–Crippen LogP) is 2.97. The summed E-state index contributed by atoms with van der Waals surface area (Å²) in [5.74, 6) is -2.14. The van der Waals surface area contributed by atoms with E-state index in [2.05, 4.69) is 15.4 Å². The Hall–Kier alpha value is -3.22. The fraction of sp³-hybridized carbons (Fsp3) is 0.211. The maximum Gasteiger partial charge on any atom is 0.337 e. The van der Waals surface area contributed by atoms with Crippen molar-refractivity contribution in [1.29, 1.82) is 0 Å². The Kier molecular flexibility index (Phi) is 4.71. The van der Waals surface area contributed by atoms with Crippen molar-refractivity contribution < 1.29 is 23.5 Å². The summed E-state index contributed by atoms with van der Waals surface area (Å²) in [5, 5.41) is 5.11. The fourth-order valence-corrected chi connectivity index (χ4v) is 2.58. The highest BCUT2D eigenvalue weighted by atomic mass is 19.1. The average Bonchev–Trinajstić information content (AvgIpc) is 3.45. The Morgan fingerprint density at radius 2 is 1.69 bits per heavy atom. The van der Waals surface area contributed by atoms with Crippen LogP contribution in [0.1, 0.15) is 23.2 Å². The molecule has 2 aromatic carbocycles. The SMILES string of the molecule is COC(=O)c1cccc(NC(=O)C2(C(=O)Nc3ccccc3F)CC2)c1. The molecule has 0 radical (unpaired) electrons. The summed E-state index contributed by atoms with van der Waals surface area (Å²) in [6.07, 6.45) is 0.742. The van der Waals surface area contributed by atoms with Crippen LogP contribution in [0.5, 0.6) is 0 Å². The van der Waals surface area contributed by atoms with Gasteiger partial charge in [-0.3, -0.25) is 9.59 Å². The van der Waals surface area contributed by atoms with E-state index in [1.807, 2.05) is 0 Å². The van der Waals surface area contributed by atoms with Gasteiger partial charge in [0.1, 0.15) is 11.2 Å². The van der Waals surface area contributed by atoms with Crippen molar-refractivity contribution in [3.63, 3.8) is 0 Å². The number of nitrogens with one attached hydrogen (secondary N) is 2. The maximum atomic E-state index is 13.7. The third kappa shape index (κ3) is 3.42. The quantitative estimate of drug-likeness (QED) is 0.637. The van der Waals surface area contributed by atoms with Gasteiger partial charge < -0.3 is 15.4 Å². The first kappa shape index (κ1) is 17.6. The van der Waals surface area contributed by atoms with E-state index in [9.17, 15) is 18.8 Å². The van der Waals surface area contributed by atoms with Gasteiger partial charge >= 0.3 is 5.97 Å². The lowest BCUT2D eigenvalue weighted by Gasteiger charge is -2.16. The molecular formula is C19H17FN2O4. The number of carbonyl (C=O) groups is 3. The van der Waals surface area contributed by atoms with Gasteiger partial charge in [-0.1, -0.05) is 18.2 Å². The molecule has 2 N–H and O–H groups in total. The molecule has 134 valence electrons. The molecule has 1 aliphatic rings. The van der Waals surface area contributed by atoms with Crippen LogP contribution in [0.3, 0.4) is 0 Å². The molecule has 0 aromatic heterocycles. The number of para-hydroxylation sites is 1. The van der Waals surface area contributed by atoms with Crippen LogP contribution in [-0.4, -0.2) is 24.9 Å². The average molecular weight is 356 g/mol. The summed E-state index contributed by atoms with van der Waals surface area (Å²) in [7, 11) is 1.26. The third-order valence-corrected chi connectivity index (χ3v) is 4.28. The normalized spacial score (nSPS) is 14.2. The van der Waals surface area contributed by atoms with E-state index in [1.165, 1.54) is 31.4 Å². The van der Waals surface area contributed by atoms with Crippen LogP contribution in [0.2, 0.25) is 0 Å². The van der Waals surface area contributed by atoms with E-state index in [-0.39, 0.29) is 11.3 Å². The molecule has 2 amide bonds. The molecule has 0 bridgehead atoms. The molecular weight excluding hydrogens is 339 g/mol. The molecule has 3 rings (SSSR count). The summed E-state index contributed by atoms with van der Waals surface area (Å²) in [5.41, 5.74) is -0.540. The zero-order valence-corrected chi connectivity index (χ0v) is 14.0. The largest absolute Gasteiger partial charge is 0.465 e. The van der Waals surface area contributed by atoms with Crippen molar-refractivity contribution in [3.05, 3.63) is 59.9 Å². The number of hydrogen-bond donors (Lipinski definition) is 2. The van der Waals surface area contributed by atoms with Crippen LogP contribution >= 0.6 is 0 Å². The minimum Gasteiger partial charge on any atom is -0.465 e. The van der Waals surface area contributed by atoms with Gasteiger partial charge in [0.25, 0.3) is 0 Å². The number of hydrogen-bond acceptors (Lipinski definition) is 4. The third-order valence-electron chi connectivity index (χ3n) is 4.28. The molecule has 0 heterocycles. The Balaban J connectivity index is 1.72. The summed E-state index contributed by atoms with van der Waals surface area (Å²) in [6, 6.07) is 12.0. The lowest BCUT2D eigenvalue weighted by molar-refractivity contribution is -0.131. The van der Waals surface area contributed by atoms with Gasteiger partial charge in [0.15, 0.2) is 0 Å². The Morgan fingerprint density at radius 3 is 2.35 bits per heavy atom. The highest BCUT2D eigenvalue weighted by Crippen LogP contribution is 2.47. The van der Waals surface area contributed by atoms with Gasteiger partial charge in [0, 0.05) is 5.69 Å². The number of rotatable bonds is 5. The molecule has 0 spiro atoms. The number of methoxy groups -OCH3 is 1. The van der Waals surface area contributed by atoms with Crippen molar-refractivity contribution in [2.45, 2.75) is 12.8 Å². The van der Waals surface area contributed by atoms with Crippen LogP contribution in [0.15, 0.2) is 48.5 Å². The standard InChI is InChI=1S/C19H17FN2O4/c1-26-16(23)12-5-4-6-13(11-12)21-17(24)19(9-10-19)18(25)22-15-8-3-2-7-14(15)20/h2-8,11H,9-10H2,1H3,(H,21,24)(H,22,25). The highest BCUT2D eigenvalue weighted by molar-refractivity contribution is 6.17. The fourth-order valence-electron chi connectivity index (χ4n) is 2.58. The van der Waals surface area contributed by atoms with Crippen molar-refractivity contribution in [2.24, 2.45) is 5.41 Å². The summed E-state index contributed by atoms with van der Waals surface area (Å²) in [6.45, 7) is 0. The molecule has 0 aliphatic heterocycles. The topological polar surface area (TPSA) is 84.5 Å². The number of ether oxygens (including phenoxy) is 1. The van der Waals surface area contributed by atoms with Gasteiger partial charge in [-0.05, 0) is 43.2 Å². The molecule has 0 saturated heterocycles. The van der Waals surface area contributed by atoms with E-state index < -0.39 is 29.0 Å². The maximum absolute atomic E-state index is 13.7. The van der Waals surface area contributed by atoms with Crippen molar-refractivity contribution in [2.75, 3.05) is 17.7 Å². The predicted molar refractivity (Wildman–Crippen MR) is 93.1 cm³/mol. The van der Waals surface area contributed by atoms with E-state index in [1.54, 1.807) is 24.3 Å². The van der Waals surface area contributed by atoms with E-state index in [0.717, 1.165) is 0 Å². The van der Waals surface area contributed by atoms with Gasteiger partial charge in [0.05, 0.1) is 18.4 Å². The first-order valence-electron chi connectivity index (χ1n) is 8.02. The molecule has 0 unspecified atom stereocenters. The van der Waals surface area contributed by atoms with E-state index in [0.29, 0.717) is 18.5 Å². The van der Waals surface area contributed by atoms with E-state index >= 15 is 0 Å². The van der Waals surface area contributed by atoms with Gasteiger partial charge in [-0.2, -0.15) is 0 Å². The molecule has 1 aliphatic carbocycles. The van der Waals surface area contributed by atoms with E-state index in [4.69, 9.17) is 0 Å². The Bertz CT molecular complexity index is 877. The van der Waals surface area contributed by atoms with Crippen molar-refractivity contribution in [3.8, 4) is 0 Å². The van der Waals surface area contributed by atoms with Crippen LogP contribution < -0.4 is 10.6 Å². The van der Waals surface area contributed by atoms with Crippen molar-refractivity contribution in [1.82, 2.24) is 0 Å². The van der Waals surface area contributed by atoms with Crippen LogP contribution in [0.4, 0.5) is 15.8 Å². The number of halogens is 1. The zero-order valence-electron chi connectivity index (χ0n) is 14.0. The molecule has 26 heavy (non-hydrogen) atoms. The molecule has 7 heteroatoms. The monoisotopic (exact) mass is 356 g/mol. The number of carbonyl (C=O) groups excluding carboxylic acids is 3. The molecule has 1 fully saturated rings. The summed E-state index contributed by atoms with van der Waals surface area (Å²) in [4.78, 5) is 36.6. The van der Waals surface area contributed by atoms with Crippen molar-refractivity contribution >= 4 is 29.2 Å². The second kappa shape index (κ2) is 6.95. The second-order valence-corrected chi connectivity index (χ2v) is 6.04. The van der Waals surface area contributed by atoms with Gasteiger partial charge in [-0.25, -0.2) is 9.18 Å². The summed E-state index contributed by atoms with van der Waals surface area (Å²) < 4.78 is 18.3. The molecule has 0 atom stereocenters. The first-order chi connectivity index (χ1) is 12.5. The number of esters is 1. The van der Waals surface area contributed by atoms with Gasteiger partial charge in [-0.15, -0.1) is 0 Å². The van der Waals surface area contributed by atoms with Crippen LogP contribution in [0.25, 0.3) is 0 Å².